The van der Waals surface area contributed by atoms with Crippen LogP contribution in [0.1, 0.15) is 33.9 Å². The van der Waals surface area contributed by atoms with Crippen molar-refractivity contribution in [3.05, 3.63) is 101 Å². The molecule has 27 heavy (non-hydrogen) atoms. The first kappa shape index (κ1) is 18.7. The zero-order valence-electron chi connectivity index (χ0n) is 16.0. The number of aryl methyl sites for hydroxylation is 3. The highest BCUT2D eigenvalue weighted by atomic mass is 16.5. The summed E-state index contributed by atoms with van der Waals surface area (Å²) < 4.78 is 5.77. The van der Waals surface area contributed by atoms with Crippen LogP contribution in [-0.4, -0.2) is 12.5 Å². The number of ether oxygens (including phenoxy) is 1. The van der Waals surface area contributed by atoms with Gasteiger partial charge in [-0.05, 0) is 54.7 Å². The van der Waals surface area contributed by atoms with Gasteiger partial charge in [0.15, 0.2) is 6.61 Å². The minimum Gasteiger partial charge on any atom is -0.483 e. The highest BCUT2D eigenvalue weighted by molar-refractivity contribution is 5.78. The van der Waals surface area contributed by atoms with Crippen LogP contribution in [0, 0.1) is 20.8 Å². The minimum atomic E-state index is -0.206. The van der Waals surface area contributed by atoms with Gasteiger partial charge in [-0.3, -0.25) is 4.79 Å². The molecule has 1 N–H and O–H groups in total. The molecule has 3 rings (SSSR count). The predicted molar refractivity (Wildman–Crippen MR) is 109 cm³/mol. The molecule has 3 nitrogen and oxygen atoms in total. The molecule has 3 aromatic carbocycles. The van der Waals surface area contributed by atoms with Gasteiger partial charge >= 0.3 is 0 Å². The van der Waals surface area contributed by atoms with Crippen molar-refractivity contribution in [2.24, 2.45) is 0 Å². The lowest BCUT2D eigenvalue weighted by atomic mass is 9.95. The van der Waals surface area contributed by atoms with Crippen LogP contribution in [0.25, 0.3) is 0 Å². The average molecular weight is 359 g/mol. The van der Waals surface area contributed by atoms with E-state index in [0.29, 0.717) is 0 Å². The highest BCUT2D eigenvalue weighted by Crippen LogP contribution is 2.25. The quantitative estimate of drug-likeness (QED) is 0.680. The molecule has 0 aliphatic carbocycles. The van der Waals surface area contributed by atoms with Gasteiger partial charge in [-0.2, -0.15) is 0 Å². The number of carbonyl (C=O) groups is 1. The van der Waals surface area contributed by atoms with Gasteiger partial charge in [0.1, 0.15) is 5.75 Å². The third-order valence-corrected chi connectivity index (χ3v) is 4.64. The van der Waals surface area contributed by atoms with Gasteiger partial charge in [0.25, 0.3) is 5.91 Å². The van der Waals surface area contributed by atoms with Gasteiger partial charge in [-0.25, -0.2) is 0 Å². The molecule has 0 heterocycles. The van der Waals surface area contributed by atoms with Crippen LogP contribution in [0.2, 0.25) is 0 Å². The number of hydrogen-bond acceptors (Lipinski definition) is 2. The topological polar surface area (TPSA) is 38.3 Å². The molecule has 0 aromatic heterocycles. The van der Waals surface area contributed by atoms with E-state index in [1.807, 2.05) is 74.5 Å². The lowest BCUT2D eigenvalue weighted by Crippen LogP contribution is -2.33. The summed E-state index contributed by atoms with van der Waals surface area (Å²) in [6.07, 6.45) is 0. The number of carbonyl (C=O) groups excluding carboxylic acids is 1. The molecule has 1 atom stereocenters. The van der Waals surface area contributed by atoms with E-state index in [2.05, 4.69) is 24.4 Å². The molecule has 3 heteroatoms. The van der Waals surface area contributed by atoms with Crippen LogP contribution < -0.4 is 10.1 Å². The van der Waals surface area contributed by atoms with E-state index >= 15 is 0 Å². The predicted octanol–water partition coefficient (Wildman–Crippen LogP) is 4.90. The van der Waals surface area contributed by atoms with Crippen molar-refractivity contribution in [2.75, 3.05) is 6.61 Å². The smallest absolute Gasteiger partial charge is 0.258 e. The van der Waals surface area contributed by atoms with E-state index in [-0.39, 0.29) is 18.6 Å². The van der Waals surface area contributed by atoms with Crippen molar-refractivity contribution in [1.29, 1.82) is 0 Å². The van der Waals surface area contributed by atoms with Gasteiger partial charge in [0, 0.05) is 0 Å². The Morgan fingerprint density at radius 3 is 2.33 bits per heavy atom. The fourth-order valence-electron chi connectivity index (χ4n) is 3.11. The molecule has 0 aliphatic rings. The Labute approximate surface area is 161 Å². The first-order valence-electron chi connectivity index (χ1n) is 9.14. The summed E-state index contributed by atoms with van der Waals surface area (Å²) in [4.78, 5) is 12.6. The van der Waals surface area contributed by atoms with E-state index in [0.717, 1.165) is 33.6 Å². The first-order chi connectivity index (χ1) is 13.0. The molecule has 0 radical (unpaired) electrons. The van der Waals surface area contributed by atoms with Gasteiger partial charge < -0.3 is 10.1 Å². The van der Waals surface area contributed by atoms with E-state index in [1.165, 1.54) is 0 Å². The Morgan fingerprint density at radius 2 is 1.59 bits per heavy atom. The van der Waals surface area contributed by atoms with Crippen LogP contribution in [0.4, 0.5) is 0 Å². The maximum absolute atomic E-state index is 12.6. The molecule has 0 bridgehead atoms. The highest BCUT2D eigenvalue weighted by Gasteiger charge is 2.18. The maximum Gasteiger partial charge on any atom is 0.258 e. The maximum atomic E-state index is 12.6. The Morgan fingerprint density at radius 1 is 0.889 bits per heavy atom. The zero-order valence-corrected chi connectivity index (χ0v) is 16.0. The van der Waals surface area contributed by atoms with Gasteiger partial charge in [-0.15, -0.1) is 0 Å². The second-order valence-electron chi connectivity index (χ2n) is 6.83. The molecule has 0 saturated carbocycles. The van der Waals surface area contributed by atoms with E-state index in [9.17, 15) is 4.79 Å². The molecule has 1 amide bonds. The summed E-state index contributed by atoms with van der Waals surface area (Å²) in [5, 5.41) is 3.13. The zero-order chi connectivity index (χ0) is 19.2. The normalized spacial score (nSPS) is 11.7. The van der Waals surface area contributed by atoms with Crippen molar-refractivity contribution >= 4 is 5.91 Å². The van der Waals surface area contributed by atoms with Crippen LogP contribution in [-0.2, 0) is 4.79 Å². The summed E-state index contributed by atoms with van der Waals surface area (Å²) >= 11 is 0. The lowest BCUT2D eigenvalue weighted by molar-refractivity contribution is -0.123. The molecule has 0 fully saturated rings. The van der Waals surface area contributed by atoms with Crippen molar-refractivity contribution in [2.45, 2.75) is 26.8 Å². The lowest BCUT2D eigenvalue weighted by Gasteiger charge is -2.22. The fourth-order valence-corrected chi connectivity index (χ4v) is 3.11. The molecule has 138 valence electrons. The van der Waals surface area contributed by atoms with Crippen LogP contribution in [0.5, 0.6) is 5.75 Å². The summed E-state index contributed by atoms with van der Waals surface area (Å²) in [5.41, 5.74) is 5.41. The Kier molecular flexibility index (Phi) is 5.92. The second-order valence-corrected chi connectivity index (χ2v) is 6.83. The number of rotatable bonds is 6. The second kappa shape index (κ2) is 8.54. The summed E-state index contributed by atoms with van der Waals surface area (Å²) in [5.74, 6) is 0.602. The third-order valence-electron chi connectivity index (χ3n) is 4.64. The molecule has 3 aromatic rings. The molecule has 0 unspecified atom stereocenters. The first-order valence-corrected chi connectivity index (χ1v) is 9.14. The molecule has 0 aliphatic heterocycles. The molecular weight excluding hydrogens is 334 g/mol. The van der Waals surface area contributed by atoms with Gasteiger partial charge in [-0.1, -0.05) is 66.7 Å². The Hall–Kier alpha value is -3.07. The summed E-state index contributed by atoms with van der Waals surface area (Å²) in [6, 6.07) is 23.9. The minimum absolute atomic E-state index is 0.0144. The van der Waals surface area contributed by atoms with Crippen LogP contribution in [0.3, 0.4) is 0 Å². The van der Waals surface area contributed by atoms with Crippen LogP contribution >= 0.6 is 0 Å². The van der Waals surface area contributed by atoms with Crippen molar-refractivity contribution < 1.29 is 9.53 Å². The number of nitrogens with one attached hydrogen (secondary N) is 1. The number of amides is 1. The van der Waals surface area contributed by atoms with Crippen molar-refractivity contribution in [3.63, 3.8) is 0 Å². The third kappa shape index (κ3) is 4.76. The van der Waals surface area contributed by atoms with E-state index < -0.39 is 0 Å². The number of benzene rings is 3. The van der Waals surface area contributed by atoms with E-state index in [1.54, 1.807) is 0 Å². The molecule has 0 spiro atoms. The monoisotopic (exact) mass is 359 g/mol. The van der Waals surface area contributed by atoms with Gasteiger partial charge in [0.2, 0.25) is 0 Å². The van der Waals surface area contributed by atoms with Gasteiger partial charge in [0.05, 0.1) is 6.04 Å². The van der Waals surface area contributed by atoms with E-state index in [4.69, 9.17) is 4.74 Å². The average Bonchev–Trinajstić information content (AvgIpc) is 2.68. The van der Waals surface area contributed by atoms with Crippen LogP contribution in [0.15, 0.2) is 72.8 Å². The molecule has 0 saturated heterocycles. The summed E-state index contributed by atoms with van der Waals surface area (Å²) in [6.45, 7) is 6.03. The fraction of sp³-hybridized carbons (Fsp3) is 0.208. The Balaban J connectivity index is 1.77. The number of hydrogen-bond donors (Lipinski definition) is 1. The molecular formula is C24H25NO2. The van der Waals surface area contributed by atoms with Crippen molar-refractivity contribution in [1.82, 2.24) is 5.32 Å². The SMILES string of the molecule is Cc1ccc(C)c(OCC(=O)N[C@H](c2ccccc2)c2ccccc2C)c1. The largest absolute Gasteiger partial charge is 0.483 e. The summed E-state index contributed by atoms with van der Waals surface area (Å²) in [7, 11) is 0. The standard InChI is InChI=1S/C24H25NO2/c1-17-13-14-19(3)22(15-17)27-16-23(26)25-24(20-10-5-4-6-11-20)21-12-8-7-9-18(21)2/h4-15,24H,16H2,1-3H3,(H,25,26)/t24-/m1/s1. The Bertz CT molecular complexity index is 919. The van der Waals surface area contributed by atoms with Crippen molar-refractivity contribution in [3.8, 4) is 5.75 Å².